The lowest BCUT2D eigenvalue weighted by Crippen LogP contribution is -2.27. The average Bonchev–Trinajstić information content (AvgIpc) is 2.08. The van der Waals surface area contributed by atoms with Gasteiger partial charge in [0.1, 0.15) is 0 Å². The van der Waals surface area contributed by atoms with Gasteiger partial charge in [-0.15, -0.1) is 0 Å². The Kier molecular flexibility index (Phi) is 4.36. The highest BCUT2D eigenvalue weighted by Crippen LogP contribution is 2.45. The fourth-order valence-electron chi connectivity index (χ4n) is 1.85. The number of phosphoric acid groups is 1. The molecule has 1 aliphatic carbocycles. The number of phosphoric ester groups is 1. The van der Waals surface area contributed by atoms with Crippen molar-refractivity contribution in [2.75, 3.05) is 6.61 Å². The quantitative estimate of drug-likeness (QED) is 0.702. The summed E-state index contributed by atoms with van der Waals surface area (Å²) < 4.78 is 20.8. The lowest BCUT2D eigenvalue weighted by molar-refractivity contribution is -0.230. The zero-order valence-corrected chi connectivity index (χ0v) is 10.6. The molecule has 0 spiro atoms. The first-order chi connectivity index (χ1) is 6.85. The molecule has 4 nitrogen and oxygen atoms in total. The summed E-state index contributed by atoms with van der Waals surface area (Å²) in [5.41, 5.74) is 0.318. The zero-order valence-electron chi connectivity index (χ0n) is 9.69. The Morgan fingerprint density at radius 1 is 1.40 bits per heavy atom. The second kappa shape index (κ2) is 4.96. The highest BCUT2D eigenvalue weighted by Gasteiger charge is 2.29. The van der Waals surface area contributed by atoms with E-state index in [1.54, 1.807) is 6.92 Å². The molecule has 5 heteroatoms. The Morgan fingerprint density at radius 2 is 1.93 bits per heavy atom. The van der Waals surface area contributed by atoms with E-state index in [0.717, 1.165) is 25.7 Å². The maximum Gasteiger partial charge on any atom is 0.268 e. The van der Waals surface area contributed by atoms with Crippen LogP contribution in [0.2, 0.25) is 0 Å². The van der Waals surface area contributed by atoms with Gasteiger partial charge in [-0.25, -0.2) is 0 Å². The van der Waals surface area contributed by atoms with Gasteiger partial charge in [0.25, 0.3) is 7.82 Å². The van der Waals surface area contributed by atoms with Gasteiger partial charge in [0, 0.05) is 0 Å². The van der Waals surface area contributed by atoms with Crippen LogP contribution in [0.3, 0.4) is 0 Å². The second-order valence-corrected chi connectivity index (χ2v) is 6.20. The van der Waals surface area contributed by atoms with Crippen molar-refractivity contribution in [3.63, 3.8) is 0 Å². The summed E-state index contributed by atoms with van der Waals surface area (Å²) in [5, 5.41) is 0. The monoisotopic (exact) mass is 235 g/mol. The van der Waals surface area contributed by atoms with Gasteiger partial charge in [-0.05, 0) is 38.0 Å². The summed E-state index contributed by atoms with van der Waals surface area (Å²) in [6.07, 6.45) is 3.42. The first-order valence-electron chi connectivity index (χ1n) is 5.49. The van der Waals surface area contributed by atoms with Crippen LogP contribution in [0.15, 0.2) is 0 Å². The van der Waals surface area contributed by atoms with Crippen LogP contribution in [0.4, 0.5) is 0 Å². The van der Waals surface area contributed by atoms with E-state index in [2.05, 4.69) is 18.4 Å². The Balaban J connectivity index is 2.39. The summed E-state index contributed by atoms with van der Waals surface area (Å²) >= 11 is 0. The van der Waals surface area contributed by atoms with Crippen LogP contribution in [0.25, 0.3) is 0 Å². The second-order valence-electron chi connectivity index (χ2n) is 4.83. The number of hydrogen-bond acceptors (Lipinski definition) is 4. The average molecular weight is 235 g/mol. The molecule has 0 aromatic heterocycles. The molecule has 1 fully saturated rings. The van der Waals surface area contributed by atoms with Crippen LogP contribution in [-0.4, -0.2) is 12.7 Å². The van der Waals surface area contributed by atoms with Crippen molar-refractivity contribution in [2.45, 2.75) is 52.6 Å². The maximum absolute atomic E-state index is 11.2. The van der Waals surface area contributed by atoms with Crippen molar-refractivity contribution in [3.05, 3.63) is 0 Å². The third-order valence-electron chi connectivity index (χ3n) is 2.85. The van der Waals surface area contributed by atoms with E-state index >= 15 is 0 Å². The van der Waals surface area contributed by atoms with Crippen LogP contribution in [0.1, 0.15) is 46.5 Å². The smallest absolute Gasteiger partial charge is 0.268 e. The molecule has 0 aliphatic heterocycles. The fourth-order valence-corrected chi connectivity index (χ4v) is 2.80. The molecule has 0 heterocycles. The van der Waals surface area contributed by atoms with Crippen LogP contribution < -0.4 is 4.89 Å². The molecule has 0 aromatic carbocycles. The highest BCUT2D eigenvalue weighted by atomic mass is 31.2. The van der Waals surface area contributed by atoms with E-state index < -0.39 is 7.82 Å². The summed E-state index contributed by atoms with van der Waals surface area (Å²) in [4.78, 5) is 11.2. The van der Waals surface area contributed by atoms with Crippen LogP contribution >= 0.6 is 7.82 Å². The lowest BCUT2D eigenvalue weighted by atomic mass is 9.76. The van der Waals surface area contributed by atoms with E-state index in [9.17, 15) is 9.46 Å². The predicted octanol–water partition coefficient (Wildman–Crippen LogP) is 2.48. The number of hydrogen-bond donors (Lipinski definition) is 0. The third-order valence-corrected chi connectivity index (χ3v) is 3.98. The Bertz CT molecular complexity index is 242. The van der Waals surface area contributed by atoms with Crippen molar-refractivity contribution < 1.29 is 18.5 Å². The summed E-state index contributed by atoms with van der Waals surface area (Å²) in [7, 11) is -4.05. The zero-order chi connectivity index (χ0) is 11.5. The van der Waals surface area contributed by atoms with E-state index in [4.69, 9.17) is 4.52 Å². The molecule has 1 aliphatic rings. The van der Waals surface area contributed by atoms with Crippen LogP contribution in [0.5, 0.6) is 0 Å². The minimum atomic E-state index is -4.05. The molecule has 1 saturated carbocycles. The molecular formula is C10H20O4P-. The largest absolute Gasteiger partial charge is 0.756 e. The standard InChI is InChI=1S/C10H21O4P/c1-4-13-15(11,12)14-9-5-7-10(2,3)8-6-9/h9H,4-8H2,1-3H3,(H,11,12)/p-1. The molecule has 0 N–H and O–H groups in total. The summed E-state index contributed by atoms with van der Waals surface area (Å²) in [6, 6.07) is 0. The van der Waals surface area contributed by atoms with Crippen LogP contribution in [-0.2, 0) is 13.6 Å². The molecule has 0 bridgehead atoms. The molecular weight excluding hydrogens is 215 g/mol. The van der Waals surface area contributed by atoms with Crippen molar-refractivity contribution in [3.8, 4) is 0 Å². The topological polar surface area (TPSA) is 58.6 Å². The van der Waals surface area contributed by atoms with Crippen molar-refractivity contribution in [1.82, 2.24) is 0 Å². The van der Waals surface area contributed by atoms with Gasteiger partial charge in [-0.3, -0.25) is 4.57 Å². The van der Waals surface area contributed by atoms with E-state index in [1.165, 1.54) is 0 Å². The molecule has 1 unspecified atom stereocenters. The van der Waals surface area contributed by atoms with Gasteiger partial charge >= 0.3 is 0 Å². The predicted molar refractivity (Wildman–Crippen MR) is 56.4 cm³/mol. The number of rotatable bonds is 4. The van der Waals surface area contributed by atoms with Gasteiger partial charge in [-0.2, -0.15) is 0 Å². The molecule has 0 amide bonds. The molecule has 15 heavy (non-hydrogen) atoms. The van der Waals surface area contributed by atoms with Crippen molar-refractivity contribution in [1.29, 1.82) is 0 Å². The summed E-state index contributed by atoms with van der Waals surface area (Å²) in [5.74, 6) is 0. The minimum Gasteiger partial charge on any atom is -0.756 e. The summed E-state index contributed by atoms with van der Waals surface area (Å²) in [6.45, 7) is 6.17. The lowest BCUT2D eigenvalue weighted by Gasteiger charge is -2.36. The molecule has 1 rings (SSSR count). The SMILES string of the molecule is CCOP(=O)([O-])OC1CCC(C)(C)CC1. The Morgan fingerprint density at radius 3 is 2.40 bits per heavy atom. The van der Waals surface area contributed by atoms with Gasteiger partial charge in [-0.1, -0.05) is 13.8 Å². The molecule has 1 atom stereocenters. The van der Waals surface area contributed by atoms with E-state index in [1.807, 2.05) is 0 Å². The van der Waals surface area contributed by atoms with Gasteiger partial charge in [0.2, 0.25) is 0 Å². The van der Waals surface area contributed by atoms with Crippen molar-refractivity contribution >= 4 is 7.82 Å². The van der Waals surface area contributed by atoms with Crippen molar-refractivity contribution in [2.24, 2.45) is 5.41 Å². The normalized spacial score (nSPS) is 26.1. The first kappa shape index (κ1) is 13.2. The molecule has 0 radical (unpaired) electrons. The molecule has 0 aromatic rings. The minimum absolute atomic E-state index is 0.138. The third kappa shape index (κ3) is 4.64. The Hall–Kier alpha value is 0.110. The van der Waals surface area contributed by atoms with E-state index in [0.29, 0.717) is 5.41 Å². The van der Waals surface area contributed by atoms with Crippen LogP contribution in [0, 0.1) is 5.41 Å². The Labute approximate surface area is 91.6 Å². The molecule has 90 valence electrons. The fraction of sp³-hybridized carbons (Fsp3) is 1.00. The molecule has 0 saturated heterocycles. The van der Waals surface area contributed by atoms with E-state index in [-0.39, 0.29) is 12.7 Å². The van der Waals surface area contributed by atoms with Gasteiger partial charge in [0.05, 0.1) is 12.7 Å². The highest BCUT2D eigenvalue weighted by molar-refractivity contribution is 7.45. The maximum atomic E-state index is 11.2. The first-order valence-corrected chi connectivity index (χ1v) is 6.95. The van der Waals surface area contributed by atoms with Gasteiger partial charge < -0.3 is 13.9 Å². The van der Waals surface area contributed by atoms with Gasteiger partial charge in [0.15, 0.2) is 0 Å².